The van der Waals surface area contributed by atoms with Crippen LogP contribution in [-0.4, -0.2) is 53.6 Å². The first-order valence-electron chi connectivity index (χ1n) is 9.87. The molecule has 1 aromatic carbocycles. The van der Waals surface area contributed by atoms with Crippen LogP contribution in [0.5, 0.6) is 0 Å². The molecule has 1 amide bonds. The number of aromatic nitrogens is 2. The molecule has 1 saturated heterocycles. The zero-order valence-corrected chi connectivity index (χ0v) is 16.2. The third-order valence-corrected chi connectivity index (χ3v) is 5.33. The van der Waals surface area contributed by atoms with Crippen molar-refractivity contribution in [2.45, 2.75) is 32.7 Å². The van der Waals surface area contributed by atoms with Gasteiger partial charge in [-0.05, 0) is 17.7 Å². The van der Waals surface area contributed by atoms with Gasteiger partial charge in [0, 0.05) is 44.5 Å². The van der Waals surface area contributed by atoms with Crippen molar-refractivity contribution in [1.29, 1.82) is 0 Å². The minimum Gasteiger partial charge on any atom is -0.378 e. The maximum absolute atomic E-state index is 13.2. The zero-order valence-electron chi connectivity index (χ0n) is 16.2. The van der Waals surface area contributed by atoms with E-state index in [4.69, 9.17) is 14.7 Å². The van der Waals surface area contributed by atoms with Crippen molar-refractivity contribution in [3.63, 3.8) is 0 Å². The standard InChI is InChI=1S/C21H25FN4O2/c1-2-20(27)26-8-7-18-17(14-26)21(25-9-11-28-12-10-25)24-19(23-18)13-15-3-5-16(22)6-4-15/h3-6H,2,7-14H2,1H3. The highest BCUT2D eigenvalue weighted by molar-refractivity contribution is 5.76. The maximum atomic E-state index is 13.2. The summed E-state index contributed by atoms with van der Waals surface area (Å²) in [5.41, 5.74) is 3.06. The molecule has 3 heterocycles. The van der Waals surface area contributed by atoms with Crippen LogP contribution in [0.15, 0.2) is 24.3 Å². The maximum Gasteiger partial charge on any atom is 0.222 e. The predicted molar refractivity (Wildman–Crippen MR) is 104 cm³/mol. The van der Waals surface area contributed by atoms with Crippen LogP contribution < -0.4 is 4.90 Å². The molecule has 28 heavy (non-hydrogen) atoms. The van der Waals surface area contributed by atoms with E-state index in [1.807, 2.05) is 11.8 Å². The summed E-state index contributed by atoms with van der Waals surface area (Å²) < 4.78 is 18.7. The van der Waals surface area contributed by atoms with E-state index < -0.39 is 0 Å². The molecule has 2 aliphatic rings. The number of rotatable bonds is 4. The van der Waals surface area contributed by atoms with Gasteiger partial charge in [-0.2, -0.15) is 0 Å². The molecule has 0 unspecified atom stereocenters. The lowest BCUT2D eigenvalue weighted by molar-refractivity contribution is -0.131. The highest BCUT2D eigenvalue weighted by Crippen LogP contribution is 2.28. The summed E-state index contributed by atoms with van der Waals surface area (Å²) >= 11 is 0. The highest BCUT2D eigenvalue weighted by Gasteiger charge is 2.27. The number of morpholine rings is 1. The fraction of sp³-hybridized carbons (Fsp3) is 0.476. The number of hydrogen-bond donors (Lipinski definition) is 0. The first-order chi connectivity index (χ1) is 13.6. The van der Waals surface area contributed by atoms with Gasteiger partial charge in [0.15, 0.2) is 0 Å². The van der Waals surface area contributed by atoms with Crippen molar-refractivity contribution >= 4 is 11.7 Å². The van der Waals surface area contributed by atoms with Crippen LogP contribution in [0, 0.1) is 5.82 Å². The molecular formula is C21H25FN4O2. The molecule has 148 valence electrons. The summed E-state index contributed by atoms with van der Waals surface area (Å²) in [5.74, 6) is 1.57. The Morgan fingerprint density at radius 2 is 1.89 bits per heavy atom. The average molecular weight is 384 g/mol. The van der Waals surface area contributed by atoms with Crippen LogP contribution in [0.2, 0.25) is 0 Å². The fourth-order valence-corrected chi connectivity index (χ4v) is 3.78. The molecule has 0 bridgehead atoms. The van der Waals surface area contributed by atoms with E-state index >= 15 is 0 Å². The van der Waals surface area contributed by atoms with Gasteiger partial charge in [-0.25, -0.2) is 14.4 Å². The second-order valence-electron chi connectivity index (χ2n) is 7.21. The number of nitrogens with zero attached hydrogens (tertiary/aromatic N) is 4. The number of carbonyl (C=O) groups is 1. The quantitative estimate of drug-likeness (QED) is 0.810. The SMILES string of the molecule is CCC(=O)N1CCc2nc(Cc3ccc(F)cc3)nc(N3CCOCC3)c2C1. The first kappa shape index (κ1) is 18.8. The lowest BCUT2D eigenvalue weighted by atomic mass is 10.0. The molecular weight excluding hydrogens is 359 g/mol. The summed E-state index contributed by atoms with van der Waals surface area (Å²) in [7, 11) is 0. The third kappa shape index (κ3) is 3.99. The molecule has 2 aliphatic heterocycles. The van der Waals surface area contributed by atoms with Crippen molar-refractivity contribution in [2.24, 2.45) is 0 Å². The topological polar surface area (TPSA) is 58.6 Å². The molecule has 0 saturated carbocycles. The molecule has 1 fully saturated rings. The largest absolute Gasteiger partial charge is 0.378 e. The Labute approximate surface area is 164 Å². The van der Waals surface area contributed by atoms with Gasteiger partial charge in [-0.3, -0.25) is 4.79 Å². The molecule has 0 aliphatic carbocycles. The van der Waals surface area contributed by atoms with Crippen LogP contribution in [-0.2, 0) is 28.9 Å². The number of amides is 1. The van der Waals surface area contributed by atoms with Crippen molar-refractivity contribution in [3.05, 3.63) is 52.7 Å². The van der Waals surface area contributed by atoms with E-state index in [1.54, 1.807) is 12.1 Å². The number of benzene rings is 1. The number of ether oxygens (including phenoxy) is 1. The zero-order chi connectivity index (χ0) is 19.5. The second-order valence-corrected chi connectivity index (χ2v) is 7.21. The number of fused-ring (bicyclic) bond motifs is 1. The molecule has 1 aromatic heterocycles. The average Bonchev–Trinajstić information content (AvgIpc) is 2.74. The van der Waals surface area contributed by atoms with Gasteiger partial charge in [0.1, 0.15) is 17.5 Å². The number of halogens is 1. The Bertz CT molecular complexity index is 850. The van der Waals surface area contributed by atoms with E-state index in [1.165, 1.54) is 12.1 Å². The second kappa shape index (κ2) is 8.22. The summed E-state index contributed by atoms with van der Waals surface area (Å²) in [6, 6.07) is 6.47. The summed E-state index contributed by atoms with van der Waals surface area (Å²) in [4.78, 5) is 26.0. The summed E-state index contributed by atoms with van der Waals surface area (Å²) in [5, 5.41) is 0. The van der Waals surface area contributed by atoms with E-state index in [9.17, 15) is 9.18 Å². The lowest BCUT2D eigenvalue weighted by Crippen LogP contribution is -2.41. The van der Waals surface area contributed by atoms with Crippen molar-refractivity contribution < 1.29 is 13.9 Å². The van der Waals surface area contributed by atoms with Crippen LogP contribution >= 0.6 is 0 Å². The summed E-state index contributed by atoms with van der Waals surface area (Å²) in [6.45, 7) is 6.04. The smallest absolute Gasteiger partial charge is 0.222 e. The van der Waals surface area contributed by atoms with Crippen LogP contribution in [0.1, 0.15) is 36.0 Å². The van der Waals surface area contributed by atoms with Crippen molar-refractivity contribution in [3.8, 4) is 0 Å². The van der Waals surface area contributed by atoms with E-state index in [-0.39, 0.29) is 11.7 Å². The monoisotopic (exact) mass is 384 g/mol. The first-order valence-corrected chi connectivity index (χ1v) is 9.87. The van der Waals surface area contributed by atoms with E-state index in [2.05, 4.69) is 4.90 Å². The van der Waals surface area contributed by atoms with Gasteiger partial charge in [-0.15, -0.1) is 0 Å². The Balaban J connectivity index is 1.68. The molecule has 0 spiro atoms. The Kier molecular flexibility index (Phi) is 5.52. The molecule has 0 radical (unpaired) electrons. The van der Waals surface area contributed by atoms with Gasteiger partial charge in [-0.1, -0.05) is 19.1 Å². The Hall–Kier alpha value is -2.54. The van der Waals surface area contributed by atoms with Gasteiger partial charge in [0.05, 0.1) is 25.5 Å². The summed E-state index contributed by atoms with van der Waals surface area (Å²) in [6.07, 6.45) is 1.80. The van der Waals surface area contributed by atoms with E-state index in [0.717, 1.165) is 48.0 Å². The van der Waals surface area contributed by atoms with Gasteiger partial charge in [0.25, 0.3) is 0 Å². The molecule has 2 aromatic rings. The fourth-order valence-electron chi connectivity index (χ4n) is 3.78. The van der Waals surface area contributed by atoms with Crippen LogP contribution in [0.4, 0.5) is 10.2 Å². The van der Waals surface area contributed by atoms with E-state index in [0.29, 0.717) is 39.1 Å². The lowest BCUT2D eigenvalue weighted by Gasteiger charge is -2.34. The van der Waals surface area contributed by atoms with Crippen LogP contribution in [0.25, 0.3) is 0 Å². The Morgan fingerprint density at radius 3 is 2.61 bits per heavy atom. The third-order valence-electron chi connectivity index (χ3n) is 5.33. The number of anilines is 1. The predicted octanol–water partition coefficient (Wildman–Crippen LogP) is 2.34. The number of hydrogen-bond acceptors (Lipinski definition) is 5. The normalized spacial score (nSPS) is 16.8. The van der Waals surface area contributed by atoms with Gasteiger partial charge < -0.3 is 14.5 Å². The Morgan fingerprint density at radius 1 is 1.14 bits per heavy atom. The molecule has 0 N–H and O–H groups in total. The molecule has 6 nitrogen and oxygen atoms in total. The molecule has 4 rings (SSSR count). The minimum atomic E-state index is -0.246. The van der Waals surface area contributed by atoms with Gasteiger partial charge >= 0.3 is 0 Å². The molecule has 7 heteroatoms. The van der Waals surface area contributed by atoms with Crippen LogP contribution in [0.3, 0.4) is 0 Å². The highest BCUT2D eigenvalue weighted by atomic mass is 19.1. The molecule has 0 atom stereocenters. The van der Waals surface area contributed by atoms with Gasteiger partial charge in [0.2, 0.25) is 5.91 Å². The van der Waals surface area contributed by atoms with Crippen molar-refractivity contribution in [2.75, 3.05) is 37.7 Å². The van der Waals surface area contributed by atoms with Crippen molar-refractivity contribution in [1.82, 2.24) is 14.9 Å². The minimum absolute atomic E-state index is 0.161. The number of carbonyl (C=O) groups excluding carboxylic acids is 1.